The first kappa shape index (κ1) is 25.2. The Hall–Kier alpha value is -5.43. The molecular formula is C26H18N6O6S. The van der Waals surface area contributed by atoms with E-state index >= 15 is 0 Å². The molecular weight excluding hydrogens is 524 g/mol. The minimum absolute atomic E-state index is 0.0103. The quantitative estimate of drug-likeness (QED) is 0.234. The molecule has 3 aromatic carbocycles. The number of anilines is 1. The first-order chi connectivity index (χ1) is 18.7. The molecule has 5 rings (SSSR count). The minimum Gasteiger partial charge on any atom is -0.507 e. The van der Waals surface area contributed by atoms with Crippen LogP contribution in [0.25, 0.3) is 0 Å². The SMILES string of the molecule is O=C(NN1C(=O)c2ccccc2C1=O)c1cc(/N=N/c2ccc(S(=O)(=O)Nc3ccccn3)cc2)ccc1O. The van der Waals surface area contributed by atoms with Crippen molar-refractivity contribution in [1.82, 2.24) is 15.4 Å². The smallest absolute Gasteiger partial charge is 0.280 e. The number of imide groups is 1. The number of aromatic hydroxyl groups is 1. The molecule has 39 heavy (non-hydrogen) atoms. The lowest BCUT2D eigenvalue weighted by atomic mass is 10.1. The first-order valence-corrected chi connectivity index (χ1v) is 12.8. The number of phenolic OH excluding ortho intramolecular Hbond substituents is 1. The van der Waals surface area contributed by atoms with Crippen molar-refractivity contribution in [1.29, 1.82) is 0 Å². The number of phenols is 1. The third kappa shape index (κ3) is 5.19. The third-order valence-corrected chi connectivity index (χ3v) is 6.93. The number of nitrogens with zero attached hydrogens (tertiary/aromatic N) is 4. The lowest BCUT2D eigenvalue weighted by Crippen LogP contribution is -2.45. The van der Waals surface area contributed by atoms with Crippen LogP contribution in [0.15, 0.2) is 106 Å². The molecule has 1 aliphatic rings. The summed E-state index contributed by atoms with van der Waals surface area (Å²) >= 11 is 0. The molecule has 3 amide bonds. The molecule has 1 aliphatic heterocycles. The van der Waals surface area contributed by atoms with Crippen LogP contribution in [0.4, 0.5) is 17.2 Å². The molecule has 12 nitrogen and oxygen atoms in total. The molecule has 0 saturated heterocycles. The van der Waals surface area contributed by atoms with E-state index in [0.29, 0.717) is 10.7 Å². The zero-order chi connectivity index (χ0) is 27.6. The van der Waals surface area contributed by atoms with Crippen molar-refractivity contribution in [3.8, 4) is 5.75 Å². The van der Waals surface area contributed by atoms with Gasteiger partial charge in [-0.25, -0.2) is 13.4 Å². The van der Waals surface area contributed by atoms with Crippen molar-refractivity contribution in [3.05, 3.63) is 108 Å². The van der Waals surface area contributed by atoms with E-state index in [-0.39, 0.29) is 33.1 Å². The Kier molecular flexibility index (Phi) is 6.56. The van der Waals surface area contributed by atoms with E-state index in [2.05, 4.69) is 25.4 Å². The monoisotopic (exact) mass is 542 g/mol. The van der Waals surface area contributed by atoms with E-state index in [0.717, 1.165) is 0 Å². The minimum atomic E-state index is -3.86. The Bertz CT molecular complexity index is 1710. The van der Waals surface area contributed by atoms with Crippen molar-refractivity contribution in [2.24, 2.45) is 10.2 Å². The van der Waals surface area contributed by atoms with Crippen LogP contribution < -0.4 is 10.1 Å². The second kappa shape index (κ2) is 10.1. The van der Waals surface area contributed by atoms with Crippen LogP contribution in [-0.2, 0) is 10.0 Å². The standard InChI is InChI=1S/C26H18N6O6S/c33-22-13-10-17(15-21(22)24(34)30-32-25(35)19-5-1-2-6-20(19)26(32)36)29-28-16-8-11-18(12-9-16)39(37,38)31-23-7-3-4-14-27-23/h1-15,33H,(H,27,31)(H,30,34)/b29-28+. The van der Waals surface area contributed by atoms with Gasteiger partial charge in [0.1, 0.15) is 11.6 Å². The van der Waals surface area contributed by atoms with E-state index < -0.39 is 33.5 Å². The van der Waals surface area contributed by atoms with Gasteiger partial charge in [-0.15, -0.1) is 0 Å². The van der Waals surface area contributed by atoms with Crippen LogP contribution in [-0.4, -0.2) is 41.2 Å². The van der Waals surface area contributed by atoms with Gasteiger partial charge in [-0.2, -0.15) is 15.2 Å². The van der Waals surface area contributed by atoms with E-state index in [1.54, 1.807) is 24.3 Å². The number of nitrogens with one attached hydrogen (secondary N) is 2. The number of carbonyl (C=O) groups excluding carboxylic acids is 3. The molecule has 0 aliphatic carbocycles. The van der Waals surface area contributed by atoms with Gasteiger partial charge in [0.05, 0.1) is 33.0 Å². The molecule has 3 N–H and O–H groups in total. The van der Waals surface area contributed by atoms with Gasteiger partial charge in [0.2, 0.25) is 0 Å². The lowest BCUT2D eigenvalue weighted by Gasteiger charge is -2.15. The summed E-state index contributed by atoms with van der Waals surface area (Å²) in [5, 5.41) is 18.8. The van der Waals surface area contributed by atoms with Crippen molar-refractivity contribution < 1.29 is 27.9 Å². The number of aromatic nitrogens is 1. The van der Waals surface area contributed by atoms with Crippen LogP contribution in [0.3, 0.4) is 0 Å². The lowest BCUT2D eigenvalue weighted by molar-refractivity contribution is 0.0517. The van der Waals surface area contributed by atoms with Crippen LogP contribution in [0, 0.1) is 0 Å². The molecule has 0 unspecified atom stereocenters. The number of fused-ring (bicyclic) bond motifs is 1. The molecule has 0 atom stereocenters. The number of hydrogen-bond donors (Lipinski definition) is 3. The summed E-state index contributed by atoms with van der Waals surface area (Å²) < 4.78 is 27.5. The molecule has 194 valence electrons. The van der Waals surface area contributed by atoms with Gasteiger partial charge in [0, 0.05) is 6.20 Å². The maximum Gasteiger partial charge on any atom is 0.280 e. The molecule has 0 spiro atoms. The highest BCUT2D eigenvalue weighted by Gasteiger charge is 2.37. The number of rotatable bonds is 7. The highest BCUT2D eigenvalue weighted by molar-refractivity contribution is 7.92. The number of amides is 3. The summed E-state index contributed by atoms with van der Waals surface area (Å²) in [6.07, 6.45) is 1.46. The zero-order valence-electron chi connectivity index (χ0n) is 19.8. The normalized spacial score (nSPS) is 13.0. The Balaban J connectivity index is 1.29. The summed E-state index contributed by atoms with van der Waals surface area (Å²) in [5.74, 6) is -2.52. The number of benzene rings is 3. The molecule has 0 saturated carbocycles. The van der Waals surface area contributed by atoms with Gasteiger partial charge in [-0.05, 0) is 66.7 Å². The summed E-state index contributed by atoms with van der Waals surface area (Å²) in [4.78, 5) is 41.7. The van der Waals surface area contributed by atoms with Gasteiger partial charge in [-0.1, -0.05) is 18.2 Å². The van der Waals surface area contributed by atoms with Gasteiger partial charge >= 0.3 is 0 Å². The fourth-order valence-corrected chi connectivity index (χ4v) is 4.66. The van der Waals surface area contributed by atoms with Gasteiger partial charge in [0.15, 0.2) is 0 Å². The summed E-state index contributed by atoms with van der Waals surface area (Å²) in [6, 6.07) is 20.4. The summed E-state index contributed by atoms with van der Waals surface area (Å²) in [5.41, 5.74) is 2.77. The molecule has 2 heterocycles. The van der Waals surface area contributed by atoms with Crippen LogP contribution in [0.5, 0.6) is 5.75 Å². The number of azo groups is 1. The maximum absolute atomic E-state index is 12.8. The predicted molar refractivity (Wildman–Crippen MR) is 138 cm³/mol. The Morgan fingerprint density at radius 1 is 0.821 bits per heavy atom. The number of carbonyl (C=O) groups is 3. The summed E-state index contributed by atoms with van der Waals surface area (Å²) in [7, 11) is -3.86. The third-order valence-electron chi connectivity index (χ3n) is 5.56. The number of pyridine rings is 1. The van der Waals surface area contributed by atoms with E-state index in [9.17, 15) is 27.9 Å². The first-order valence-electron chi connectivity index (χ1n) is 11.3. The highest BCUT2D eigenvalue weighted by atomic mass is 32.2. The second-order valence-electron chi connectivity index (χ2n) is 8.15. The van der Waals surface area contributed by atoms with Crippen molar-refractivity contribution in [2.75, 3.05) is 4.72 Å². The van der Waals surface area contributed by atoms with Crippen LogP contribution in [0.2, 0.25) is 0 Å². The number of hydrazine groups is 1. The Labute approximate surface area is 221 Å². The van der Waals surface area contributed by atoms with Crippen molar-refractivity contribution in [2.45, 2.75) is 4.90 Å². The molecule has 0 radical (unpaired) electrons. The number of sulfonamides is 1. The zero-order valence-corrected chi connectivity index (χ0v) is 20.7. The summed E-state index contributed by atoms with van der Waals surface area (Å²) in [6.45, 7) is 0. The fraction of sp³-hybridized carbons (Fsp3) is 0. The Morgan fingerprint density at radius 2 is 1.44 bits per heavy atom. The van der Waals surface area contributed by atoms with Gasteiger partial charge < -0.3 is 5.11 Å². The molecule has 0 fully saturated rings. The van der Waals surface area contributed by atoms with Gasteiger partial charge in [-0.3, -0.25) is 24.5 Å². The van der Waals surface area contributed by atoms with E-state index in [1.807, 2.05) is 0 Å². The molecule has 13 heteroatoms. The molecule has 0 bridgehead atoms. The van der Waals surface area contributed by atoms with E-state index in [4.69, 9.17) is 0 Å². The van der Waals surface area contributed by atoms with Crippen LogP contribution >= 0.6 is 0 Å². The van der Waals surface area contributed by atoms with Crippen LogP contribution in [0.1, 0.15) is 31.1 Å². The van der Waals surface area contributed by atoms with Crippen molar-refractivity contribution >= 4 is 44.9 Å². The average molecular weight is 543 g/mol. The molecule has 4 aromatic rings. The largest absolute Gasteiger partial charge is 0.507 e. The molecule has 1 aromatic heterocycles. The Morgan fingerprint density at radius 3 is 2.08 bits per heavy atom. The van der Waals surface area contributed by atoms with E-state index in [1.165, 1.54) is 66.9 Å². The maximum atomic E-state index is 12.8. The van der Waals surface area contributed by atoms with Crippen molar-refractivity contribution in [3.63, 3.8) is 0 Å². The highest BCUT2D eigenvalue weighted by Crippen LogP contribution is 2.27. The second-order valence-corrected chi connectivity index (χ2v) is 9.83. The topological polar surface area (TPSA) is 170 Å². The number of hydrogen-bond acceptors (Lipinski definition) is 9. The fourth-order valence-electron chi connectivity index (χ4n) is 3.65. The average Bonchev–Trinajstić information content (AvgIpc) is 3.18. The van der Waals surface area contributed by atoms with Gasteiger partial charge in [0.25, 0.3) is 27.7 Å². The predicted octanol–water partition coefficient (Wildman–Crippen LogP) is 3.94.